The van der Waals surface area contributed by atoms with Crippen molar-refractivity contribution in [3.63, 3.8) is 0 Å². The van der Waals surface area contributed by atoms with Crippen LogP contribution in [0.15, 0.2) is 61.2 Å². The van der Waals surface area contributed by atoms with Gasteiger partial charge in [-0.2, -0.15) is 0 Å². The number of piperidine rings is 1. The molecule has 7 nitrogen and oxygen atoms in total. The first-order chi connectivity index (χ1) is 20.4. The van der Waals surface area contributed by atoms with Crippen LogP contribution in [0.3, 0.4) is 0 Å². The molecule has 2 atom stereocenters. The summed E-state index contributed by atoms with van der Waals surface area (Å²) in [7, 11) is 0. The second-order valence-electron chi connectivity index (χ2n) is 11.4. The number of aliphatic hydroxyl groups excluding tert-OH is 1. The number of imidazole rings is 1. The molecule has 0 spiro atoms. The van der Waals surface area contributed by atoms with Crippen LogP contribution in [0.25, 0.3) is 16.8 Å². The lowest BCUT2D eigenvalue weighted by atomic mass is 9.88. The predicted molar refractivity (Wildman–Crippen MR) is 160 cm³/mol. The molecule has 0 amide bonds. The zero-order chi connectivity index (χ0) is 28.8. The summed E-state index contributed by atoms with van der Waals surface area (Å²) in [5.74, 6) is 2.38. The van der Waals surface area contributed by atoms with Gasteiger partial charge < -0.3 is 23.9 Å². The molecule has 3 aromatic carbocycles. The number of nitrogens with zero attached hydrogens (tertiary/aromatic N) is 3. The summed E-state index contributed by atoms with van der Waals surface area (Å²) in [6.45, 7) is 8.02. The Hall–Kier alpha value is -3.59. The van der Waals surface area contributed by atoms with E-state index in [0.29, 0.717) is 33.6 Å². The number of rotatable bonds is 7. The second-order valence-corrected chi connectivity index (χ2v) is 11.8. The molecule has 3 aliphatic heterocycles. The van der Waals surface area contributed by atoms with Gasteiger partial charge in [-0.3, -0.25) is 4.90 Å². The van der Waals surface area contributed by atoms with E-state index >= 15 is 0 Å². The first kappa shape index (κ1) is 27.3. The number of hydrogen-bond donors (Lipinski definition) is 1. The molecule has 2 fully saturated rings. The van der Waals surface area contributed by atoms with Gasteiger partial charge in [0.2, 0.25) is 0 Å². The fraction of sp³-hybridized carbons (Fsp3) is 0.364. The number of ether oxygens (including phenoxy) is 3. The zero-order valence-corrected chi connectivity index (χ0v) is 24.0. The second kappa shape index (κ2) is 11.2. The largest absolute Gasteiger partial charge is 0.508 e. The summed E-state index contributed by atoms with van der Waals surface area (Å²) in [4.78, 5) is 7.43. The molecule has 0 unspecified atom stereocenters. The summed E-state index contributed by atoms with van der Waals surface area (Å²) in [5.41, 5.74) is 4.15. The molecule has 0 saturated carbocycles. The molecule has 9 heteroatoms. The third-order valence-corrected chi connectivity index (χ3v) is 8.94. The third-order valence-electron chi connectivity index (χ3n) is 8.70. The van der Waals surface area contributed by atoms with Crippen LogP contribution < -0.4 is 9.47 Å². The van der Waals surface area contributed by atoms with Crippen molar-refractivity contribution in [2.24, 2.45) is 0 Å². The number of fused-ring (bicyclic) bond motifs is 2. The van der Waals surface area contributed by atoms with Gasteiger partial charge in [-0.05, 0) is 74.7 Å². The minimum absolute atomic E-state index is 0.0512. The van der Waals surface area contributed by atoms with Crippen LogP contribution in [-0.4, -0.2) is 52.0 Å². The van der Waals surface area contributed by atoms with Gasteiger partial charge in [0.25, 0.3) is 0 Å². The minimum atomic E-state index is -0.535. The smallest absolute Gasteiger partial charge is 0.165 e. The summed E-state index contributed by atoms with van der Waals surface area (Å²) >= 11 is 5.97. The maximum atomic E-state index is 14.7. The SMILES string of the molecule is C=C(O)c1ccc2nc(CN3CCC(c4cccc5c4O[C@@H](c4ccc(Cl)cc4F)CO5)CC3)n(C[C@@H]3CCO3)c2c1. The van der Waals surface area contributed by atoms with Crippen molar-refractivity contribution in [2.75, 3.05) is 26.3 Å². The Kier molecular flexibility index (Phi) is 7.30. The van der Waals surface area contributed by atoms with Crippen molar-refractivity contribution in [1.82, 2.24) is 14.5 Å². The van der Waals surface area contributed by atoms with Gasteiger partial charge in [0.15, 0.2) is 17.6 Å². The highest BCUT2D eigenvalue weighted by Gasteiger charge is 2.31. The van der Waals surface area contributed by atoms with E-state index in [1.165, 1.54) is 6.07 Å². The van der Waals surface area contributed by atoms with Crippen LogP contribution in [-0.2, 0) is 17.8 Å². The Balaban J connectivity index is 1.07. The van der Waals surface area contributed by atoms with Crippen molar-refractivity contribution in [3.05, 3.63) is 94.5 Å². The molecular formula is C33H33ClFN3O4. The molecule has 3 aliphatic rings. The number of para-hydroxylation sites is 1. The number of likely N-dealkylation sites (tertiary alicyclic amines) is 1. The van der Waals surface area contributed by atoms with Gasteiger partial charge in [0.05, 0.1) is 30.2 Å². The van der Waals surface area contributed by atoms with Crippen molar-refractivity contribution in [1.29, 1.82) is 0 Å². The molecule has 2 saturated heterocycles. The van der Waals surface area contributed by atoms with Crippen LogP contribution in [0.4, 0.5) is 4.39 Å². The van der Waals surface area contributed by atoms with Crippen LogP contribution in [0.1, 0.15) is 53.8 Å². The quantitative estimate of drug-likeness (QED) is 0.233. The number of aromatic nitrogens is 2. The van der Waals surface area contributed by atoms with E-state index in [1.807, 2.05) is 30.3 Å². The maximum absolute atomic E-state index is 14.7. The molecule has 0 bridgehead atoms. The highest BCUT2D eigenvalue weighted by Crippen LogP contribution is 2.45. The van der Waals surface area contributed by atoms with E-state index in [-0.39, 0.29) is 18.5 Å². The van der Waals surface area contributed by atoms with Gasteiger partial charge in [0, 0.05) is 28.3 Å². The first-order valence-electron chi connectivity index (χ1n) is 14.5. The molecule has 4 heterocycles. The molecule has 7 rings (SSSR count). The van der Waals surface area contributed by atoms with Gasteiger partial charge >= 0.3 is 0 Å². The van der Waals surface area contributed by atoms with Crippen molar-refractivity contribution in [2.45, 2.75) is 50.5 Å². The van der Waals surface area contributed by atoms with Crippen LogP contribution >= 0.6 is 11.6 Å². The number of benzene rings is 3. The fourth-order valence-corrected chi connectivity index (χ4v) is 6.42. The van der Waals surface area contributed by atoms with Crippen molar-refractivity contribution in [3.8, 4) is 11.5 Å². The number of aliphatic hydroxyl groups is 1. The van der Waals surface area contributed by atoms with Crippen molar-refractivity contribution < 1.29 is 23.7 Å². The summed E-state index contributed by atoms with van der Waals surface area (Å²) in [6, 6.07) is 16.5. The summed E-state index contributed by atoms with van der Waals surface area (Å²) < 4.78 is 35.1. The third kappa shape index (κ3) is 5.23. The molecule has 1 N–H and O–H groups in total. The lowest BCUT2D eigenvalue weighted by Gasteiger charge is -2.35. The molecule has 4 aromatic rings. The van der Waals surface area contributed by atoms with E-state index in [1.54, 1.807) is 12.1 Å². The van der Waals surface area contributed by atoms with Gasteiger partial charge in [-0.15, -0.1) is 0 Å². The highest BCUT2D eigenvalue weighted by molar-refractivity contribution is 6.30. The molecule has 1 aromatic heterocycles. The lowest BCUT2D eigenvalue weighted by Crippen LogP contribution is -2.35. The van der Waals surface area contributed by atoms with Crippen LogP contribution in [0, 0.1) is 5.82 Å². The molecule has 42 heavy (non-hydrogen) atoms. The standard InChI is InChI=1S/C33H33ClFN3O4/c1-20(39)22-5-8-28-29(15-22)38(17-24-11-14-40-24)32(36-28)18-37-12-9-21(10-13-37)25-3-2-4-30-33(25)42-31(19-41-30)26-7-6-23(34)16-27(26)35/h2-8,15-16,21,24,31,39H,1,9-14,17-19H2/t24-,31+/m0/s1. The predicted octanol–water partition coefficient (Wildman–Crippen LogP) is 7.04. The maximum Gasteiger partial charge on any atom is 0.165 e. The normalized spacial score (nSPS) is 20.9. The Morgan fingerprint density at radius 2 is 1.90 bits per heavy atom. The summed E-state index contributed by atoms with van der Waals surface area (Å²) in [5, 5.41) is 10.3. The number of halogens is 2. The minimum Gasteiger partial charge on any atom is -0.508 e. The average molecular weight is 590 g/mol. The van der Waals surface area contributed by atoms with Crippen LogP contribution in [0.2, 0.25) is 5.02 Å². The molecule has 0 aliphatic carbocycles. The van der Waals surface area contributed by atoms with E-state index in [0.717, 1.165) is 74.5 Å². The van der Waals surface area contributed by atoms with Crippen LogP contribution in [0.5, 0.6) is 11.5 Å². The lowest BCUT2D eigenvalue weighted by molar-refractivity contribution is -0.0592. The Bertz CT molecular complexity index is 1640. The highest BCUT2D eigenvalue weighted by atomic mass is 35.5. The topological polar surface area (TPSA) is 69.0 Å². The van der Waals surface area contributed by atoms with E-state index in [9.17, 15) is 9.50 Å². The Labute approximate surface area is 249 Å². The molecule has 218 valence electrons. The molecular weight excluding hydrogens is 557 g/mol. The Morgan fingerprint density at radius 1 is 1.07 bits per heavy atom. The van der Waals surface area contributed by atoms with E-state index < -0.39 is 11.9 Å². The number of hydrogen-bond acceptors (Lipinski definition) is 6. The Morgan fingerprint density at radius 3 is 2.64 bits per heavy atom. The van der Waals surface area contributed by atoms with Gasteiger partial charge in [-0.1, -0.05) is 36.4 Å². The van der Waals surface area contributed by atoms with Gasteiger partial charge in [0.1, 0.15) is 24.0 Å². The monoisotopic (exact) mass is 589 g/mol. The molecule has 0 radical (unpaired) electrons. The summed E-state index contributed by atoms with van der Waals surface area (Å²) in [6.07, 6.45) is 2.60. The van der Waals surface area contributed by atoms with Crippen molar-refractivity contribution >= 4 is 28.4 Å². The van der Waals surface area contributed by atoms with E-state index in [2.05, 4.69) is 22.1 Å². The van der Waals surface area contributed by atoms with E-state index in [4.69, 9.17) is 30.8 Å². The average Bonchev–Trinajstić information content (AvgIpc) is 3.30. The van der Waals surface area contributed by atoms with Gasteiger partial charge in [-0.25, -0.2) is 9.37 Å². The zero-order valence-electron chi connectivity index (χ0n) is 23.3. The first-order valence-corrected chi connectivity index (χ1v) is 14.9. The fourth-order valence-electron chi connectivity index (χ4n) is 6.26.